The molecule has 0 aromatic rings. The average Bonchev–Trinajstić information content (AvgIpc) is 2.21. The van der Waals surface area contributed by atoms with E-state index in [1.807, 2.05) is 7.05 Å². The molecular weight excluding hydrogens is 172 g/mol. The summed E-state index contributed by atoms with van der Waals surface area (Å²) >= 11 is 0. The summed E-state index contributed by atoms with van der Waals surface area (Å²) in [7, 11) is 2.04. The first-order valence-electron chi connectivity index (χ1n) is 6.14. The van der Waals surface area contributed by atoms with Crippen LogP contribution in [0, 0.1) is 0 Å². The van der Waals surface area contributed by atoms with Gasteiger partial charge in [0.1, 0.15) is 0 Å². The molecule has 1 atom stereocenters. The van der Waals surface area contributed by atoms with Crippen molar-refractivity contribution in [2.24, 2.45) is 0 Å². The standard InChI is InChI=1S/C12H28N2/c1-5-7-9-14(10-8-6-2)11-12(3)13-4/h12-13H,5-11H2,1-4H3. The second-order valence-corrected chi connectivity index (χ2v) is 4.20. The van der Waals surface area contributed by atoms with Crippen LogP contribution in [0.2, 0.25) is 0 Å². The Bertz CT molecular complexity index is 107. The molecule has 1 N–H and O–H groups in total. The van der Waals surface area contributed by atoms with Gasteiger partial charge in [-0.05, 0) is 39.9 Å². The highest BCUT2D eigenvalue weighted by molar-refractivity contribution is 4.66. The molecule has 86 valence electrons. The van der Waals surface area contributed by atoms with Crippen LogP contribution in [0.5, 0.6) is 0 Å². The molecule has 2 heteroatoms. The summed E-state index contributed by atoms with van der Waals surface area (Å²) in [5.74, 6) is 0. The Morgan fingerprint density at radius 2 is 1.57 bits per heavy atom. The highest BCUT2D eigenvalue weighted by Crippen LogP contribution is 2.00. The molecule has 0 aliphatic carbocycles. The highest BCUT2D eigenvalue weighted by atomic mass is 15.1. The Balaban J connectivity index is 3.71. The van der Waals surface area contributed by atoms with E-state index in [4.69, 9.17) is 0 Å². The second kappa shape index (κ2) is 9.47. The van der Waals surface area contributed by atoms with Gasteiger partial charge in [-0.3, -0.25) is 0 Å². The number of nitrogens with one attached hydrogen (secondary N) is 1. The van der Waals surface area contributed by atoms with Gasteiger partial charge in [0.15, 0.2) is 0 Å². The molecule has 2 nitrogen and oxygen atoms in total. The largest absolute Gasteiger partial charge is 0.316 e. The number of hydrogen-bond acceptors (Lipinski definition) is 2. The maximum absolute atomic E-state index is 3.31. The lowest BCUT2D eigenvalue weighted by Crippen LogP contribution is -2.38. The van der Waals surface area contributed by atoms with E-state index in [2.05, 4.69) is 31.0 Å². The summed E-state index contributed by atoms with van der Waals surface area (Å²) < 4.78 is 0. The number of nitrogens with zero attached hydrogens (tertiary/aromatic N) is 1. The van der Waals surface area contributed by atoms with Crippen LogP contribution in [-0.2, 0) is 0 Å². The third-order valence-corrected chi connectivity index (χ3v) is 2.68. The Labute approximate surface area is 90.1 Å². The number of unbranched alkanes of at least 4 members (excludes halogenated alkanes) is 2. The Morgan fingerprint density at radius 1 is 1.07 bits per heavy atom. The summed E-state index contributed by atoms with van der Waals surface area (Å²) in [6.45, 7) is 10.5. The SMILES string of the molecule is CCCCN(CCCC)CC(C)NC. The summed E-state index contributed by atoms with van der Waals surface area (Å²) in [5.41, 5.74) is 0. The molecular formula is C12H28N2. The number of rotatable bonds is 9. The molecule has 14 heavy (non-hydrogen) atoms. The monoisotopic (exact) mass is 200 g/mol. The van der Waals surface area contributed by atoms with Gasteiger partial charge in [-0.2, -0.15) is 0 Å². The zero-order valence-electron chi connectivity index (χ0n) is 10.5. The van der Waals surface area contributed by atoms with E-state index < -0.39 is 0 Å². The van der Waals surface area contributed by atoms with Crippen LogP contribution in [0.15, 0.2) is 0 Å². The van der Waals surface area contributed by atoms with Gasteiger partial charge in [0.05, 0.1) is 0 Å². The fourth-order valence-electron chi connectivity index (χ4n) is 1.54. The quantitative estimate of drug-likeness (QED) is 0.615. The molecule has 0 saturated heterocycles. The van der Waals surface area contributed by atoms with Gasteiger partial charge in [-0.15, -0.1) is 0 Å². The van der Waals surface area contributed by atoms with Crippen molar-refractivity contribution in [2.45, 2.75) is 52.5 Å². The summed E-state index contributed by atoms with van der Waals surface area (Å²) in [4.78, 5) is 2.59. The van der Waals surface area contributed by atoms with Crippen LogP contribution >= 0.6 is 0 Å². The fourth-order valence-corrected chi connectivity index (χ4v) is 1.54. The van der Waals surface area contributed by atoms with E-state index >= 15 is 0 Å². The summed E-state index contributed by atoms with van der Waals surface area (Å²) in [6.07, 6.45) is 5.27. The predicted molar refractivity (Wildman–Crippen MR) is 64.8 cm³/mol. The maximum Gasteiger partial charge on any atom is 0.0163 e. The first-order valence-corrected chi connectivity index (χ1v) is 6.14. The van der Waals surface area contributed by atoms with Gasteiger partial charge in [-0.25, -0.2) is 0 Å². The molecule has 0 saturated carbocycles. The van der Waals surface area contributed by atoms with E-state index in [0.717, 1.165) is 0 Å². The minimum atomic E-state index is 0.615. The lowest BCUT2D eigenvalue weighted by Gasteiger charge is -2.25. The normalized spacial score (nSPS) is 13.5. The molecule has 0 spiro atoms. The van der Waals surface area contributed by atoms with E-state index in [1.165, 1.54) is 45.3 Å². The molecule has 0 aromatic carbocycles. The van der Waals surface area contributed by atoms with Gasteiger partial charge in [0.25, 0.3) is 0 Å². The third kappa shape index (κ3) is 7.34. The number of likely N-dealkylation sites (N-methyl/N-ethyl adjacent to an activating group) is 1. The van der Waals surface area contributed by atoms with Crippen LogP contribution in [0.4, 0.5) is 0 Å². The van der Waals surface area contributed by atoms with Crippen molar-refractivity contribution in [1.29, 1.82) is 0 Å². The Hall–Kier alpha value is -0.0800. The van der Waals surface area contributed by atoms with E-state index in [9.17, 15) is 0 Å². The first kappa shape index (κ1) is 13.9. The molecule has 0 heterocycles. The molecule has 0 fully saturated rings. The van der Waals surface area contributed by atoms with Crippen molar-refractivity contribution < 1.29 is 0 Å². The minimum absolute atomic E-state index is 0.615. The Kier molecular flexibility index (Phi) is 9.42. The fraction of sp³-hybridized carbons (Fsp3) is 1.00. The molecule has 0 bridgehead atoms. The molecule has 0 radical (unpaired) electrons. The van der Waals surface area contributed by atoms with Crippen molar-refractivity contribution in [1.82, 2.24) is 10.2 Å². The van der Waals surface area contributed by atoms with E-state index in [1.54, 1.807) is 0 Å². The first-order chi connectivity index (χ1) is 6.74. The smallest absolute Gasteiger partial charge is 0.0163 e. The molecule has 1 unspecified atom stereocenters. The van der Waals surface area contributed by atoms with Crippen LogP contribution in [0.1, 0.15) is 46.5 Å². The molecule has 0 aliphatic rings. The zero-order valence-corrected chi connectivity index (χ0v) is 10.5. The molecule has 0 aliphatic heterocycles. The van der Waals surface area contributed by atoms with Crippen LogP contribution < -0.4 is 5.32 Å². The van der Waals surface area contributed by atoms with Crippen molar-refractivity contribution >= 4 is 0 Å². The molecule has 0 aromatic heterocycles. The van der Waals surface area contributed by atoms with Crippen molar-refractivity contribution in [3.8, 4) is 0 Å². The maximum atomic E-state index is 3.31. The van der Waals surface area contributed by atoms with Crippen molar-refractivity contribution in [2.75, 3.05) is 26.7 Å². The van der Waals surface area contributed by atoms with E-state index in [0.29, 0.717) is 6.04 Å². The average molecular weight is 200 g/mol. The Morgan fingerprint density at radius 3 is 1.93 bits per heavy atom. The number of hydrogen-bond donors (Lipinski definition) is 1. The van der Waals surface area contributed by atoms with Gasteiger partial charge in [-0.1, -0.05) is 26.7 Å². The zero-order chi connectivity index (χ0) is 10.8. The van der Waals surface area contributed by atoms with Crippen molar-refractivity contribution in [3.05, 3.63) is 0 Å². The topological polar surface area (TPSA) is 15.3 Å². The lowest BCUT2D eigenvalue weighted by atomic mass is 10.2. The highest BCUT2D eigenvalue weighted by Gasteiger charge is 2.07. The van der Waals surface area contributed by atoms with Gasteiger partial charge < -0.3 is 10.2 Å². The summed E-state index contributed by atoms with van der Waals surface area (Å²) in [5, 5.41) is 3.31. The van der Waals surface area contributed by atoms with Gasteiger partial charge >= 0.3 is 0 Å². The van der Waals surface area contributed by atoms with Crippen LogP contribution in [0.3, 0.4) is 0 Å². The van der Waals surface area contributed by atoms with Gasteiger partial charge in [0.2, 0.25) is 0 Å². The van der Waals surface area contributed by atoms with E-state index in [-0.39, 0.29) is 0 Å². The second-order valence-electron chi connectivity index (χ2n) is 4.20. The minimum Gasteiger partial charge on any atom is -0.316 e. The van der Waals surface area contributed by atoms with Crippen molar-refractivity contribution in [3.63, 3.8) is 0 Å². The predicted octanol–water partition coefficient (Wildman–Crippen LogP) is 2.50. The van der Waals surface area contributed by atoms with Crippen LogP contribution in [0.25, 0.3) is 0 Å². The molecule has 0 rings (SSSR count). The third-order valence-electron chi connectivity index (χ3n) is 2.68. The van der Waals surface area contributed by atoms with Gasteiger partial charge in [0, 0.05) is 12.6 Å². The molecule has 0 amide bonds. The van der Waals surface area contributed by atoms with Crippen LogP contribution in [-0.4, -0.2) is 37.6 Å². The lowest BCUT2D eigenvalue weighted by molar-refractivity contribution is 0.244. The summed E-state index contributed by atoms with van der Waals surface area (Å²) in [6, 6.07) is 0.615.